The lowest BCUT2D eigenvalue weighted by molar-refractivity contribution is 0.968. The molecule has 2 aromatic rings. The molecule has 0 spiro atoms. The zero-order valence-corrected chi connectivity index (χ0v) is 13.0. The van der Waals surface area contributed by atoms with E-state index in [9.17, 15) is 0 Å². The first kappa shape index (κ1) is 14.9. The minimum absolute atomic E-state index is 0.979. The molecule has 0 atom stereocenters. The van der Waals surface area contributed by atoms with Gasteiger partial charge >= 0.3 is 0 Å². The molecule has 0 aliphatic heterocycles. The number of aromatic nitrogens is 1. The van der Waals surface area contributed by atoms with Crippen LogP contribution in [0.3, 0.4) is 0 Å². The SMILES string of the molecule is CCCNc1cc(CSCc2ccccc2C)ccn1. The molecule has 2 rings (SSSR count). The van der Waals surface area contributed by atoms with Crippen LogP contribution in [-0.2, 0) is 11.5 Å². The van der Waals surface area contributed by atoms with E-state index in [0.29, 0.717) is 0 Å². The number of hydrogen-bond donors (Lipinski definition) is 1. The molecule has 0 aliphatic rings. The van der Waals surface area contributed by atoms with Gasteiger partial charge in [-0.1, -0.05) is 31.2 Å². The standard InChI is InChI=1S/C17H22N2S/c1-3-9-18-17-11-15(8-10-19-17)12-20-13-16-7-5-4-6-14(16)2/h4-8,10-11H,3,9,12-13H2,1-2H3,(H,18,19). The molecule has 0 unspecified atom stereocenters. The monoisotopic (exact) mass is 286 g/mol. The van der Waals surface area contributed by atoms with E-state index in [-0.39, 0.29) is 0 Å². The lowest BCUT2D eigenvalue weighted by Gasteiger charge is -2.07. The Labute approximate surface area is 126 Å². The van der Waals surface area contributed by atoms with Gasteiger partial charge in [0.05, 0.1) is 0 Å². The van der Waals surface area contributed by atoms with E-state index < -0.39 is 0 Å². The van der Waals surface area contributed by atoms with Gasteiger partial charge in [-0.15, -0.1) is 0 Å². The first-order valence-corrected chi connectivity index (χ1v) is 8.26. The normalized spacial score (nSPS) is 10.5. The average molecular weight is 286 g/mol. The quantitative estimate of drug-likeness (QED) is 0.802. The molecule has 0 bridgehead atoms. The molecule has 0 radical (unpaired) electrons. The van der Waals surface area contributed by atoms with Crippen LogP contribution in [0, 0.1) is 6.92 Å². The van der Waals surface area contributed by atoms with Crippen LogP contribution in [0.2, 0.25) is 0 Å². The molecular formula is C17H22N2S. The van der Waals surface area contributed by atoms with E-state index in [1.165, 1.54) is 16.7 Å². The fraction of sp³-hybridized carbons (Fsp3) is 0.353. The van der Waals surface area contributed by atoms with Crippen molar-refractivity contribution in [2.45, 2.75) is 31.8 Å². The number of rotatable bonds is 7. The highest BCUT2D eigenvalue weighted by Crippen LogP contribution is 2.20. The first-order chi connectivity index (χ1) is 9.79. The van der Waals surface area contributed by atoms with Gasteiger partial charge in [0.25, 0.3) is 0 Å². The van der Waals surface area contributed by atoms with E-state index in [4.69, 9.17) is 0 Å². The third-order valence-corrected chi connectivity index (χ3v) is 4.22. The maximum absolute atomic E-state index is 4.34. The summed E-state index contributed by atoms with van der Waals surface area (Å²) in [4.78, 5) is 4.34. The zero-order chi connectivity index (χ0) is 14.2. The van der Waals surface area contributed by atoms with Crippen LogP contribution in [0.5, 0.6) is 0 Å². The molecule has 0 aliphatic carbocycles. The predicted octanol–water partition coefficient (Wildman–Crippen LogP) is 4.65. The molecule has 20 heavy (non-hydrogen) atoms. The fourth-order valence-electron chi connectivity index (χ4n) is 1.96. The third kappa shape index (κ3) is 4.57. The topological polar surface area (TPSA) is 24.9 Å². The minimum atomic E-state index is 0.979. The molecule has 1 aromatic carbocycles. The largest absolute Gasteiger partial charge is 0.370 e. The molecule has 2 nitrogen and oxygen atoms in total. The summed E-state index contributed by atoms with van der Waals surface area (Å²) in [6.45, 7) is 5.32. The van der Waals surface area contributed by atoms with Crippen molar-refractivity contribution in [3.8, 4) is 0 Å². The maximum Gasteiger partial charge on any atom is 0.126 e. The molecule has 106 valence electrons. The summed E-state index contributed by atoms with van der Waals surface area (Å²) in [5.41, 5.74) is 4.13. The highest BCUT2D eigenvalue weighted by Gasteiger charge is 2.00. The second-order valence-corrected chi connectivity index (χ2v) is 5.88. The number of benzene rings is 1. The number of hydrogen-bond acceptors (Lipinski definition) is 3. The molecular weight excluding hydrogens is 264 g/mol. The molecule has 0 saturated heterocycles. The van der Waals surface area contributed by atoms with Crippen molar-refractivity contribution in [1.29, 1.82) is 0 Å². The Balaban J connectivity index is 1.86. The molecule has 3 heteroatoms. The van der Waals surface area contributed by atoms with Crippen molar-refractivity contribution in [2.24, 2.45) is 0 Å². The first-order valence-electron chi connectivity index (χ1n) is 7.10. The maximum atomic E-state index is 4.34. The van der Waals surface area contributed by atoms with E-state index >= 15 is 0 Å². The van der Waals surface area contributed by atoms with Gasteiger partial charge in [0.1, 0.15) is 5.82 Å². The van der Waals surface area contributed by atoms with Gasteiger partial charge in [0.2, 0.25) is 0 Å². The van der Waals surface area contributed by atoms with E-state index in [2.05, 4.69) is 60.5 Å². The van der Waals surface area contributed by atoms with Crippen LogP contribution in [0.1, 0.15) is 30.0 Å². The van der Waals surface area contributed by atoms with Gasteiger partial charge in [-0.3, -0.25) is 0 Å². The number of thioether (sulfide) groups is 1. The van der Waals surface area contributed by atoms with Crippen molar-refractivity contribution >= 4 is 17.6 Å². The van der Waals surface area contributed by atoms with Gasteiger partial charge in [-0.2, -0.15) is 11.8 Å². The van der Waals surface area contributed by atoms with Crippen molar-refractivity contribution in [2.75, 3.05) is 11.9 Å². The van der Waals surface area contributed by atoms with Crippen LogP contribution >= 0.6 is 11.8 Å². The summed E-state index contributed by atoms with van der Waals surface area (Å²) in [5.74, 6) is 3.07. The van der Waals surface area contributed by atoms with Crippen LogP contribution in [0.4, 0.5) is 5.82 Å². The van der Waals surface area contributed by atoms with Gasteiger partial charge in [0.15, 0.2) is 0 Å². The number of nitrogens with one attached hydrogen (secondary N) is 1. The molecule has 0 saturated carbocycles. The van der Waals surface area contributed by atoms with Crippen molar-refractivity contribution in [3.63, 3.8) is 0 Å². The molecule has 0 amide bonds. The summed E-state index contributed by atoms with van der Waals surface area (Å²) in [6, 6.07) is 12.8. The number of pyridine rings is 1. The summed E-state index contributed by atoms with van der Waals surface area (Å²) in [6.07, 6.45) is 3.01. The Morgan fingerprint density at radius 2 is 2.00 bits per heavy atom. The average Bonchev–Trinajstić information content (AvgIpc) is 2.48. The summed E-state index contributed by atoms with van der Waals surface area (Å²) in [7, 11) is 0. The van der Waals surface area contributed by atoms with Gasteiger partial charge in [-0.25, -0.2) is 4.98 Å². The number of anilines is 1. The molecule has 0 fully saturated rings. The predicted molar refractivity (Wildman–Crippen MR) is 89.2 cm³/mol. The van der Waals surface area contributed by atoms with E-state index in [0.717, 1.165) is 30.3 Å². The molecule has 1 aromatic heterocycles. The second-order valence-electron chi connectivity index (χ2n) is 4.90. The Kier molecular flexibility index (Phi) is 5.93. The zero-order valence-electron chi connectivity index (χ0n) is 12.2. The van der Waals surface area contributed by atoms with Gasteiger partial charge in [0, 0.05) is 24.2 Å². The highest BCUT2D eigenvalue weighted by molar-refractivity contribution is 7.97. The minimum Gasteiger partial charge on any atom is -0.370 e. The molecule has 1 N–H and O–H groups in total. The Hall–Kier alpha value is -1.48. The van der Waals surface area contributed by atoms with Crippen LogP contribution in [0.25, 0.3) is 0 Å². The van der Waals surface area contributed by atoms with Gasteiger partial charge < -0.3 is 5.32 Å². The van der Waals surface area contributed by atoms with Gasteiger partial charge in [-0.05, 0) is 42.2 Å². The van der Waals surface area contributed by atoms with E-state index in [1.54, 1.807) is 0 Å². The summed E-state index contributed by atoms with van der Waals surface area (Å²) in [5, 5.41) is 3.33. The van der Waals surface area contributed by atoms with Crippen molar-refractivity contribution in [3.05, 3.63) is 59.3 Å². The van der Waals surface area contributed by atoms with E-state index in [1.807, 2.05) is 18.0 Å². The Morgan fingerprint density at radius 1 is 1.15 bits per heavy atom. The van der Waals surface area contributed by atoms with Crippen LogP contribution in [0.15, 0.2) is 42.6 Å². The summed E-state index contributed by atoms with van der Waals surface area (Å²) < 4.78 is 0. The smallest absolute Gasteiger partial charge is 0.126 e. The Bertz CT molecular complexity index is 540. The molecule has 1 heterocycles. The van der Waals surface area contributed by atoms with Crippen LogP contribution in [-0.4, -0.2) is 11.5 Å². The van der Waals surface area contributed by atoms with Crippen molar-refractivity contribution < 1.29 is 0 Å². The lowest BCUT2D eigenvalue weighted by atomic mass is 10.1. The number of aryl methyl sites for hydroxylation is 1. The second kappa shape index (κ2) is 7.95. The number of nitrogens with zero attached hydrogens (tertiary/aromatic N) is 1. The third-order valence-electron chi connectivity index (χ3n) is 3.17. The van der Waals surface area contributed by atoms with Crippen molar-refractivity contribution in [1.82, 2.24) is 4.98 Å². The summed E-state index contributed by atoms with van der Waals surface area (Å²) >= 11 is 1.95. The highest BCUT2D eigenvalue weighted by atomic mass is 32.2. The Morgan fingerprint density at radius 3 is 2.80 bits per heavy atom. The van der Waals surface area contributed by atoms with Crippen LogP contribution < -0.4 is 5.32 Å². The lowest BCUT2D eigenvalue weighted by Crippen LogP contribution is -2.01. The fourth-order valence-corrected chi connectivity index (χ4v) is 3.03.